The lowest BCUT2D eigenvalue weighted by molar-refractivity contribution is -0.0549. The lowest BCUT2D eigenvalue weighted by Crippen LogP contribution is -2.33. The molecule has 112 valence electrons. The van der Waals surface area contributed by atoms with Gasteiger partial charge in [-0.2, -0.15) is 0 Å². The minimum atomic E-state index is 0.0149. The Balaban J connectivity index is 2.04. The number of hydrogen-bond acceptors (Lipinski definition) is 2. The summed E-state index contributed by atoms with van der Waals surface area (Å²) in [6.45, 7) is 8.87. The van der Waals surface area contributed by atoms with E-state index in [1.54, 1.807) is 0 Å². The molecule has 2 atom stereocenters. The monoisotopic (exact) mass is 275 g/mol. The molecule has 0 spiro atoms. The maximum atomic E-state index is 6.36. The van der Waals surface area contributed by atoms with Gasteiger partial charge in [-0.25, -0.2) is 0 Å². The summed E-state index contributed by atoms with van der Waals surface area (Å²) in [6, 6.07) is 8.55. The van der Waals surface area contributed by atoms with Crippen LogP contribution in [0.5, 0.6) is 0 Å². The van der Waals surface area contributed by atoms with Crippen molar-refractivity contribution >= 4 is 0 Å². The zero-order valence-corrected chi connectivity index (χ0v) is 13.4. The number of hydrogen-bond donors (Lipinski definition) is 1. The van der Waals surface area contributed by atoms with Crippen molar-refractivity contribution in [3.8, 4) is 0 Å². The third kappa shape index (κ3) is 4.07. The van der Waals surface area contributed by atoms with Crippen molar-refractivity contribution in [1.29, 1.82) is 0 Å². The van der Waals surface area contributed by atoms with Crippen LogP contribution >= 0.6 is 0 Å². The number of ether oxygens (including phenoxy) is 1. The molecule has 0 saturated heterocycles. The molecule has 1 fully saturated rings. The molecule has 1 aromatic carbocycles. The van der Waals surface area contributed by atoms with E-state index in [-0.39, 0.29) is 12.1 Å². The van der Waals surface area contributed by atoms with E-state index in [0.717, 1.165) is 12.8 Å². The summed E-state index contributed by atoms with van der Waals surface area (Å²) >= 11 is 0. The lowest BCUT2D eigenvalue weighted by Gasteiger charge is -2.36. The summed E-state index contributed by atoms with van der Waals surface area (Å²) < 4.78 is 6.36. The maximum Gasteiger partial charge on any atom is 0.0976 e. The predicted octanol–water partition coefficient (Wildman–Crippen LogP) is 4.37. The van der Waals surface area contributed by atoms with Crippen LogP contribution in [0.15, 0.2) is 24.3 Å². The third-order valence-corrected chi connectivity index (χ3v) is 4.47. The summed E-state index contributed by atoms with van der Waals surface area (Å²) in [5.41, 5.74) is 9.12. The first kappa shape index (κ1) is 15.5. The lowest BCUT2D eigenvalue weighted by atomic mass is 9.76. The van der Waals surface area contributed by atoms with Gasteiger partial charge in [0.15, 0.2) is 0 Å². The molecule has 2 heteroatoms. The van der Waals surface area contributed by atoms with Crippen LogP contribution in [0.3, 0.4) is 0 Å². The summed E-state index contributed by atoms with van der Waals surface area (Å²) in [4.78, 5) is 0. The van der Waals surface area contributed by atoms with E-state index in [1.165, 1.54) is 24.0 Å². The predicted molar refractivity (Wildman–Crippen MR) is 84.7 cm³/mol. The molecule has 1 aliphatic carbocycles. The smallest absolute Gasteiger partial charge is 0.0976 e. The molecule has 0 aromatic heterocycles. The number of aryl methyl sites for hydroxylation is 1. The van der Waals surface area contributed by atoms with Gasteiger partial charge in [-0.1, -0.05) is 43.7 Å². The van der Waals surface area contributed by atoms with Gasteiger partial charge in [0.2, 0.25) is 0 Å². The molecule has 1 aromatic rings. The van der Waals surface area contributed by atoms with Crippen LogP contribution in [0.4, 0.5) is 0 Å². The van der Waals surface area contributed by atoms with Gasteiger partial charge in [-0.05, 0) is 50.5 Å². The Morgan fingerprint density at radius 3 is 2.45 bits per heavy atom. The number of rotatable bonds is 4. The van der Waals surface area contributed by atoms with Gasteiger partial charge in [0.05, 0.1) is 12.2 Å². The topological polar surface area (TPSA) is 35.2 Å². The summed E-state index contributed by atoms with van der Waals surface area (Å²) in [7, 11) is 0. The quantitative estimate of drug-likeness (QED) is 0.885. The fraction of sp³-hybridized carbons (Fsp3) is 0.667. The Hall–Kier alpha value is -0.860. The van der Waals surface area contributed by atoms with Crippen LogP contribution < -0.4 is 5.73 Å². The second-order valence-corrected chi connectivity index (χ2v) is 7.19. The molecule has 0 heterocycles. The zero-order valence-electron chi connectivity index (χ0n) is 13.4. The standard InChI is InChI=1S/C18H29NO/c1-13-6-5-7-15(12-13)17(14(2)19)20-16-8-10-18(3,4)11-9-16/h5-7,12,14,16-17H,8-11,19H2,1-4H3. The van der Waals surface area contributed by atoms with Crippen molar-refractivity contribution in [3.05, 3.63) is 35.4 Å². The fourth-order valence-corrected chi connectivity index (χ4v) is 3.07. The van der Waals surface area contributed by atoms with E-state index in [4.69, 9.17) is 10.5 Å². The van der Waals surface area contributed by atoms with Crippen molar-refractivity contribution in [2.75, 3.05) is 0 Å². The average Bonchev–Trinajstić information content (AvgIpc) is 2.37. The van der Waals surface area contributed by atoms with Crippen LogP contribution in [-0.2, 0) is 4.74 Å². The van der Waals surface area contributed by atoms with Gasteiger partial charge in [-0.15, -0.1) is 0 Å². The van der Waals surface area contributed by atoms with Crippen LogP contribution in [0.2, 0.25) is 0 Å². The fourth-order valence-electron chi connectivity index (χ4n) is 3.07. The molecule has 1 saturated carbocycles. The van der Waals surface area contributed by atoms with Gasteiger partial charge >= 0.3 is 0 Å². The van der Waals surface area contributed by atoms with E-state index < -0.39 is 0 Å². The Morgan fingerprint density at radius 2 is 1.90 bits per heavy atom. The molecule has 0 bridgehead atoms. The SMILES string of the molecule is Cc1cccc(C(OC2CCC(C)(C)CC2)C(C)N)c1. The minimum Gasteiger partial charge on any atom is -0.369 e. The van der Waals surface area contributed by atoms with Crippen LogP contribution in [0.1, 0.15) is 63.7 Å². The van der Waals surface area contributed by atoms with Crippen molar-refractivity contribution < 1.29 is 4.74 Å². The highest BCUT2D eigenvalue weighted by Crippen LogP contribution is 2.38. The largest absolute Gasteiger partial charge is 0.369 e. The summed E-state index contributed by atoms with van der Waals surface area (Å²) in [5.74, 6) is 0. The zero-order chi connectivity index (χ0) is 14.8. The van der Waals surface area contributed by atoms with Crippen molar-refractivity contribution in [2.45, 2.75) is 71.6 Å². The van der Waals surface area contributed by atoms with Crippen molar-refractivity contribution in [3.63, 3.8) is 0 Å². The molecule has 2 N–H and O–H groups in total. The van der Waals surface area contributed by atoms with Gasteiger partial charge in [0, 0.05) is 6.04 Å². The average molecular weight is 275 g/mol. The normalized spacial score (nSPS) is 22.4. The number of nitrogens with two attached hydrogens (primary N) is 1. The molecule has 0 amide bonds. The van der Waals surface area contributed by atoms with Gasteiger partial charge in [0.1, 0.15) is 0 Å². The Labute approximate surface area is 123 Å². The van der Waals surface area contributed by atoms with Gasteiger partial charge < -0.3 is 10.5 Å². The summed E-state index contributed by atoms with van der Waals surface area (Å²) in [5, 5.41) is 0. The Kier molecular flexibility index (Phi) is 4.87. The molecular formula is C18H29NO. The van der Waals surface area contributed by atoms with Gasteiger partial charge in [0.25, 0.3) is 0 Å². The van der Waals surface area contributed by atoms with E-state index in [2.05, 4.69) is 45.0 Å². The first-order valence-corrected chi connectivity index (χ1v) is 7.85. The first-order valence-electron chi connectivity index (χ1n) is 7.85. The molecular weight excluding hydrogens is 246 g/mol. The van der Waals surface area contributed by atoms with Crippen molar-refractivity contribution in [1.82, 2.24) is 0 Å². The third-order valence-electron chi connectivity index (χ3n) is 4.47. The van der Waals surface area contributed by atoms with Crippen LogP contribution in [0, 0.1) is 12.3 Å². The Bertz CT molecular complexity index is 429. The van der Waals surface area contributed by atoms with Crippen LogP contribution in [-0.4, -0.2) is 12.1 Å². The molecule has 0 aliphatic heterocycles. The highest BCUT2D eigenvalue weighted by molar-refractivity contribution is 5.25. The highest BCUT2D eigenvalue weighted by Gasteiger charge is 2.30. The molecule has 1 aliphatic rings. The second-order valence-electron chi connectivity index (χ2n) is 7.19. The Morgan fingerprint density at radius 1 is 1.25 bits per heavy atom. The minimum absolute atomic E-state index is 0.0149. The molecule has 2 rings (SSSR count). The van der Waals surface area contributed by atoms with E-state index in [0.29, 0.717) is 11.5 Å². The maximum absolute atomic E-state index is 6.36. The highest BCUT2D eigenvalue weighted by atomic mass is 16.5. The molecule has 2 nitrogen and oxygen atoms in total. The van der Waals surface area contributed by atoms with E-state index in [9.17, 15) is 0 Å². The van der Waals surface area contributed by atoms with Gasteiger partial charge in [-0.3, -0.25) is 0 Å². The van der Waals surface area contributed by atoms with E-state index in [1.807, 2.05) is 6.92 Å². The molecule has 20 heavy (non-hydrogen) atoms. The second kappa shape index (κ2) is 6.28. The van der Waals surface area contributed by atoms with Crippen molar-refractivity contribution in [2.24, 2.45) is 11.1 Å². The number of benzene rings is 1. The molecule has 0 radical (unpaired) electrons. The van der Waals surface area contributed by atoms with E-state index >= 15 is 0 Å². The summed E-state index contributed by atoms with van der Waals surface area (Å²) in [6.07, 6.45) is 5.18. The molecule has 2 unspecified atom stereocenters. The first-order chi connectivity index (χ1) is 9.37. The van der Waals surface area contributed by atoms with Crippen LogP contribution in [0.25, 0.3) is 0 Å².